The van der Waals surface area contributed by atoms with Crippen molar-refractivity contribution in [1.29, 1.82) is 0 Å². The molecule has 1 heterocycles. The van der Waals surface area contributed by atoms with Gasteiger partial charge in [0.1, 0.15) is 0 Å². The summed E-state index contributed by atoms with van der Waals surface area (Å²) in [4.78, 5) is 14.0. The van der Waals surface area contributed by atoms with E-state index in [1.54, 1.807) is 0 Å². The minimum atomic E-state index is 0.163. The van der Waals surface area contributed by atoms with Gasteiger partial charge in [-0.25, -0.2) is 0 Å². The largest absolute Gasteiger partial charge is 0.381 e. The van der Waals surface area contributed by atoms with Crippen molar-refractivity contribution in [2.24, 2.45) is 11.7 Å². The average molecular weight is 276 g/mol. The number of carbonyl (C=O) groups is 1. The molecule has 20 heavy (non-hydrogen) atoms. The Morgan fingerprint density at radius 1 is 1.35 bits per heavy atom. The molecule has 0 aromatic heterocycles. The molecule has 0 radical (unpaired) electrons. The number of hydrogen-bond donors (Lipinski definition) is 1. The fraction of sp³-hybridized carbons (Fsp3) is 0.562. The second kappa shape index (κ2) is 7.41. The predicted molar refractivity (Wildman–Crippen MR) is 79.2 cm³/mol. The molecule has 0 bridgehead atoms. The van der Waals surface area contributed by atoms with E-state index in [2.05, 4.69) is 0 Å². The van der Waals surface area contributed by atoms with E-state index in [9.17, 15) is 4.79 Å². The number of nitrogens with zero attached hydrogens (tertiary/aromatic N) is 1. The van der Waals surface area contributed by atoms with Crippen molar-refractivity contribution in [3.63, 3.8) is 0 Å². The Labute approximate surface area is 120 Å². The molecule has 1 amide bonds. The van der Waals surface area contributed by atoms with Crippen LogP contribution in [0.3, 0.4) is 0 Å². The predicted octanol–water partition coefficient (Wildman–Crippen LogP) is 1.57. The van der Waals surface area contributed by atoms with Crippen LogP contribution in [0.25, 0.3) is 0 Å². The van der Waals surface area contributed by atoms with Gasteiger partial charge in [0, 0.05) is 26.7 Å². The third-order valence-corrected chi connectivity index (χ3v) is 3.83. The van der Waals surface area contributed by atoms with E-state index in [4.69, 9.17) is 10.5 Å². The van der Waals surface area contributed by atoms with Crippen molar-refractivity contribution in [3.05, 3.63) is 35.4 Å². The highest BCUT2D eigenvalue weighted by molar-refractivity contribution is 5.78. The van der Waals surface area contributed by atoms with Crippen molar-refractivity contribution in [3.8, 4) is 0 Å². The van der Waals surface area contributed by atoms with Crippen LogP contribution in [0.15, 0.2) is 24.3 Å². The normalized spacial score (nSPS) is 18.8. The van der Waals surface area contributed by atoms with Gasteiger partial charge >= 0.3 is 0 Å². The number of amides is 1. The maximum absolute atomic E-state index is 12.2. The Morgan fingerprint density at radius 3 is 2.65 bits per heavy atom. The molecule has 110 valence electrons. The molecular formula is C16H24N2O2. The number of hydrogen-bond acceptors (Lipinski definition) is 3. The lowest BCUT2D eigenvalue weighted by molar-refractivity contribution is -0.130. The fourth-order valence-electron chi connectivity index (χ4n) is 2.54. The number of nitrogens with two attached hydrogens (primary N) is 1. The molecule has 4 nitrogen and oxygen atoms in total. The SMILES string of the molecule is CN(CC1CCCOC1)C(=O)Cc1ccc(CN)cc1. The molecule has 4 heteroatoms. The minimum absolute atomic E-state index is 0.163. The average Bonchev–Trinajstić information content (AvgIpc) is 2.49. The lowest BCUT2D eigenvalue weighted by atomic mass is 10.0. The monoisotopic (exact) mass is 276 g/mol. The summed E-state index contributed by atoms with van der Waals surface area (Å²) >= 11 is 0. The molecular weight excluding hydrogens is 252 g/mol. The summed E-state index contributed by atoms with van der Waals surface area (Å²) in [6.45, 7) is 2.97. The number of benzene rings is 1. The lowest BCUT2D eigenvalue weighted by Gasteiger charge is -2.27. The Kier molecular flexibility index (Phi) is 5.56. The topological polar surface area (TPSA) is 55.6 Å². The van der Waals surface area contributed by atoms with E-state index in [1.165, 1.54) is 0 Å². The van der Waals surface area contributed by atoms with Gasteiger partial charge in [0.2, 0.25) is 5.91 Å². The van der Waals surface area contributed by atoms with Gasteiger partial charge in [0.05, 0.1) is 13.0 Å². The van der Waals surface area contributed by atoms with Crippen molar-refractivity contribution < 1.29 is 9.53 Å². The standard InChI is InChI=1S/C16H24N2O2/c1-18(11-15-3-2-8-20-12-15)16(19)9-13-4-6-14(10-17)7-5-13/h4-7,15H,2-3,8-12,17H2,1H3. The Bertz CT molecular complexity index is 425. The van der Waals surface area contributed by atoms with Gasteiger partial charge in [-0.05, 0) is 29.9 Å². The quantitative estimate of drug-likeness (QED) is 0.888. The number of ether oxygens (including phenoxy) is 1. The molecule has 1 fully saturated rings. The molecule has 1 aromatic carbocycles. The van der Waals surface area contributed by atoms with E-state index in [-0.39, 0.29) is 5.91 Å². The molecule has 1 atom stereocenters. The third-order valence-electron chi connectivity index (χ3n) is 3.83. The number of carbonyl (C=O) groups excluding carboxylic acids is 1. The van der Waals surface area contributed by atoms with Crippen LogP contribution in [0.1, 0.15) is 24.0 Å². The van der Waals surface area contributed by atoms with E-state index >= 15 is 0 Å². The van der Waals surface area contributed by atoms with Gasteiger partial charge in [-0.1, -0.05) is 24.3 Å². The smallest absolute Gasteiger partial charge is 0.226 e. The molecule has 0 aliphatic carbocycles. The van der Waals surface area contributed by atoms with Crippen molar-refractivity contribution in [2.45, 2.75) is 25.8 Å². The first-order valence-corrected chi connectivity index (χ1v) is 7.28. The minimum Gasteiger partial charge on any atom is -0.381 e. The fourth-order valence-corrected chi connectivity index (χ4v) is 2.54. The van der Waals surface area contributed by atoms with Crippen LogP contribution in [0.2, 0.25) is 0 Å². The third kappa shape index (κ3) is 4.32. The van der Waals surface area contributed by atoms with Crippen LogP contribution >= 0.6 is 0 Å². The van der Waals surface area contributed by atoms with Gasteiger partial charge in [-0.2, -0.15) is 0 Å². The Morgan fingerprint density at radius 2 is 2.05 bits per heavy atom. The molecule has 1 saturated heterocycles. The number of likely N-dealkylation sites (N-methyl/N-ethyl adjacent to an activating group) is 1. The van der Waals surface area contributed by atoms with E-state index in [1.807, 2.05) is 36.2 Å². The maximum atomic E-state index is 12.2. The van der Waals surface area contributed by atoms with Crippen molar-refractivity contribution in [2.75, 3.05) is 26.8 Å². The Balaban J connectivity index is 1.83. The molecule has 1 aliphatic rings. The van der Waals surface area contributed by atoms with Gasteiger partial charge in [0.15, 0.2) is 0 Å². The first-order valence-electron chi connectivity index (χ1n) is 7.28. The molecule has 1 unspecified atom stereocenters. The van der Waals surface area contributed by atoms with E-state index < -0.39 is 0 Å². The van der Waals surface area contributed by atoms with Crippen LogP contribution in [0.4, 0.5) is 0 Å². The lowest BCUT2D eigenvalue weighted by Crippen LogP contribution is -2.35. The molecule has 1 aliphatic heterocycles. The zero-order valence-corrected chi connectivity index (χ0v) is 12.2. The summed E-state index contributed by atoms with van der Waals surface area (Å²) < 4.78 is 5.46. The summed E-state index contributed by atoms with van der Waals surface area (Å²) in [5.74, 6) is 0.647. The second-order valence-electron chi connectivity index (χ2n) is 5.55. The molecule has 1 aromatic rings. The summed E-state index contributed by atoms with van der Waals surface area (Å²) in [6.07, 6.45) is 2.71. The summed E-state index contributed by atoms with van der Waals surface area (Å²) in [5, 5.41) is 0. The van der Waals surface area contributed by atoms with Gasteiger partial charge in [-0.15, -0.1) is 0 Å². The summed E-state index contributed by atoms with van der Waals surface area (Å²) in [5.41, 5.74) is 7.70. The summed E-state index contributed by atoms with van der Waals surface area (Å²) in [7, 11) is 1.88. The summed E-state index contributed by atoms with van der Waals surface area (Å²) in [6, 6.07) is 7.94. The van der Waals surface area contributed by atoms with Crippen LogP contribution in [0, 0.1) is 5.92 Å². The van der Waals surface area contributed by atoms with Crippen LogP contribution in [-0.4, -0.2) is 37.6 Å². The maximum Gasteiger partial charge on any atom is 0.226 e. The Hall–Kier alpha value is -1.39. The highest BCUT2D eigenvalue weighted by Crippen LogP contribution is 2.15. The molecule has 2 N–H and O–H groups in total. The first kappa shape index (κ1) is 15.0. The highest BCUT2D eigenvalue weighted by atomic mass is 16.5. The first-order chi connectivity index (χ1) is 9.69. The highest BCUT2D eigenvalue weighted by Gasteiger charge is 2.18. The van der Waals surface area contributed by atoms with Gasteiger partial charge in [0.25, 0.3) is 0 Å². The van der Waals surface area contributed by atoms with E-state index in [0.29, 0.717) is 18.9 Å². The van der Waals surface area contributed by atoms with Gasteiger partial charge in [-0.3, -0.25) is 4.79 Å². The van der Waals surface area contributed by atoms with Crippen LogP contribution in [-0.2, 0) is 22.5 Å². The molecule has 2 rings (SSSR count). The van der Waals surface area contributed by atoms with Crippen molar-refractivity contribution in [1.82, 2.24) is 4.90 Å². The van der Waals surface area contributed by atoms with Crippen LogP contribution in [0.5, 0.6) is 0 Å². The van der Waals surface area contributed by atoms with Gasteiger partial charge < -0.3 is 15.4 Å². The molecule has 0 saturated carbocycles. The zero-order chi connectivity index (χ0) is 14.4. The number of rotatable bonds is 5. The van der Waals surface area contributed by atoms with Crippen LogP contribution < -0.4 is 5.73 Å². The second-order valence-corrected chi connectivity index (χ2v) is 5.55. The van der Waals surface area contributed by atoms with E-state index in [0.717, 1.165) is 43.7 Å². The zero-order valence-electron chi connectivity index (χ0n) is 12.2. The van der Waals surface area contributed by atoms with Crippen molar-refractivity contribution >= 4 is 5.91 Å². The molecule has 0 spiro atoms.